The van der Waals surface area contributed by atoms with E-state index in [-0.39, 0.29) is 11.8 Å². The van der Waals surface area contributed by atoms with Gasteiger partial charge in [0, 0.05) is 0 Å². The lowest BCUT2D eigenvalue weighted by atomic mass is 9.87. The fourth-order valence-corrected chi connectivity index (χ4v) is 1.62. The summed E-state index contributed by atoms with van der Waals surface area (Å²) >= 11 is 5.48. The molecule has 0 heterocycles. The summed E-state index contributed by atoms with van der Waals surface area (Å²) in [6.07, 6.45) is 0. The van der Waals surface area contributed by atoms with Crippen LogP contribution in [0.15, 0.2) is 35.5 Å². The van der Waals surface area contributed by atoms with Gasteiger partial charge >= 0.3 is 0 Å². The average Bonchev–Trinajstić information content (AvgIpc) is 2.38. The predicted molar refractivity (Wildman–Crippen MR) is 67.6 cm³/mol. The number of amides is 1. The molecule has 0 radical (unpaired) electrons. The Morgan fingerprint density at radius 2 is 2.06 bits per heavy atom. The summed E-state index contributed by atoms with van der Waals surface area (Å²) in [5, 5.41) is 14.9. The number of nitrogens with one attached hydrogen (secondary N) is 1. The average molecular weight is 255 g/mol. The number of benzene rings is 1. The summed E-state index contributed by atoms with van der Waals surface area (Å²) in [6.45, 7) is 3.41. The number of halogens is 1. The van der Waals surface area contributed by atoms with Crippen LogP contribution in [-0.2, 0) is 10.3 Å². The first-order chi connectivity index (χ1) is 8.04. The molecule has 0 bridgehead atoms. The SMILES string of the molecule is C/C(=N\O)C(C)(NC(=O)CCl)c1ccccc1. The van der Waals surface area contributed by atoms with Crippen LogP contribution in [0, 0.1) is 0 Å². The Bertz CT molecular complexity index is 420. The maximum Gasteiger partial charge on any atom is 0.235 e. The van der Waals surface area contributed by atoms with Crippen LogP contribution in [0.3, 0.4) is 0 Å². The van der Waals surface area contributed by atoms with E-state index in [0.29, 0.717) is 5.71 Å². The molecule has 0 saturated carbocycles. The Kier molecular flexibility index (Phi) is 4.52. The van der Waals surface area contributed by atoms with Crippen LogP contribution in [0.5, 0.6) is 0 Å². The van der Waals surface area contributed by atoms with E-state index in [1.165, 1.54) is 0 Å². The number of alkyl halides is 1. The summed E-state index contributed by atoms with van der Waals surface area (Å²) in [4.78, 5) is 11.4. The highest BCUT2D eigenvalue weighted by Gasteiger charge is 2.32. The minimum absolute atomic E-state index is 0.138. The third-order valence-electron chi connectivity index (χ3n) is 2.74. The number of rotatable bonds is 4. The van der Waals surface area contributed by atoms with Crippen LogP contribution in [0.1, 0.15) is 19.4 Å². The summed E-state index contributed by atoms with van der Waals surface area (Å²) in [7, 11) is 0. The number of hydrogen-bond donors (Lipinski definition) is 2. The van der Waals surface area contributed by atoms with E-state index in [0.717, 1.165) is 5.56 Å². The van der Waals surface area contributed by atoms with Gasteiger partial charge in [0.2, 0.25) is 5.91 Å². The molecule has 0 saturated heterocycles. The van der Waals surface area contributed by atoms with Crippen molar-refractivity contribution >= 4 is 23.2 Å². The Balaban J connectivity index is 3.16. The van der Waals surface area contributed by atoms with E-state index in [1.54, 1.807) is 13.8 Å². The van der Waals surface area contributed by atoms with Crippen molar-refractivity contribution in [2.45, 2.75) is 19.4 Å². The molecule has 1 amide bonds. The molecule has 1 aromatic carbocycles. The van der Waals surface area contributed by atoms with Gasteiger partial charge < -0.3 is 10.5 Å². The number of nitrogens with zero attached hydrogens (tertiary/aromatic N) is 1. The zero-order valence-corrected chi connectivity index (χ0v) is 10.5. The van der Waals surface area contributed by atoms with E-state index >= 15 is 0 Å². The van der Waals surface area contributed by atoms with Crippen molar-refractivity contribution in [1.29, 1.82) is 0 Å². The molecule has 1 atom stereocenters. The summed E-state index contributed by atoms with van der Waals surface area (Å²) in [5.41, 5.74) is 0.359. The van der Waals surface area contributed by atoms with E-state index < -0.39 is 5.54 Å². The van der Waals surface area contributed by atoms with Crippen molar-refractivity contribution in [2.75, 3.05) is 5.88 Å². The second kappa shape index (κ2) is 5.68. The third kappa shape index (κ3) is 2.97. The summed E-state index contributed by atoms with van der Waals surface area (Å²) in [5.74, 6) is -0.456. The van der Waals surface area contributed by atoms with Crippen LogP contribution >= 0.6 is 11.6 Å². The molecular weight excluding hydrogens is 240 g/mol. The molecule has 0 aliphatic heterocycles. The topological polar surface area (TPSA) is 61.7 Å². The van der Waals surface area contributed by atoms with Gasteiger partial charge in [-0.2, -0.15) is 0 Å². The molecular formula is C12H15ClN2O2. The highest BCUT2D eigenvalue weighted by molar-refractivity contribution is 6.27. The lowest BCUT2D eigenvalue weighted by molar-refractivity contribution is -0.119. The van der Waals surface area contributed by atoms with Crippen molar-refractivity contribution in [3.63, 3.8) is 0 Å². The molecule has 1 unspecified atom stereocenters. The summed E-state index contributed by atoms with van der Waals surface area (Å²) < 4.78 is 0. The van der Waals surface area contributed by atoms with Crippen LogP contribution in [0.4, 0.5) is 0 Å². The van der Waals surface area contributed by atoms with Gasteiger partial charge in [0.05, 0.1) is 5.71 Å². The second-order valence-corrected chi connectivity index (χ2v) is 4.13. The zero-order chi connectivity index (χ0) is 12.9. The molecule has 2 N–H and O–H groups in total. The van der Waals surface area contributed by atoms with Gasteiger partial charge in [0.1, 0.15) is 11.4 Å². The third-order valence-corrected chi connectivity index (χ3v) is 2.98. The van der Waals surface area contributed by atoms with E-state index in [4.69, 9.17) is 16.8 Å². The van der Waals surface area contributed by atoms with Crippen molar-refractivity contribution in [3.05, 3.63) is 35.9 Å². The number of carbonyl (C=O) groups excluding carboxylic acids is 1. The van der Waals surface area contributed by atoms with Crippen molar-refractivity contribution in [2.24, 2.45) is 5.16 Å². The second-order valence-electron chi connectivity index (χ2n) is 3.86. The van der Waals surface area contributed by atoms with Crippen molar-refractivity contribution in [1.82, 2.24) is 5.32 Å². The molecule has 92 valence electrons. The lowest BCUT2D eigenvalue weighted by Crippen LogP contribution is -2.49. The molecule has 1 rings (SSSR count). The summed E-state index contributed by atoms with van der Waals surface area (Å²) in [6, 6.07) is 9.28. The smallest absolute Gasteiger partial charge is 0.235 e. The zero-order valence-electron chi connectivity index (χ0n) is 9.77. The first-order valence-corrected chi connectivity index (χ1v) is 5.69. The standard InChI is InChI=1S/C12H15ClN2O2/c1-9(15-17)12(2,14-11(16)8-13)10-6-4-3-5-7-10/h3-7,17H,8H2,1-2H3,(H,14,16)/b15-9+. The van der Waals surface area contributed by atoms with Crippen LogP contribution in [0.2, 0.25) is 0 Å². The van der Waals surface area contributed by atoms with E-state index in [9.17, 15) is 4.79 Å². The molecule has 17 heavy (non-hydrogen) atoms. The van der Waals surface area contributed by atoms with E-state index in [1.807, 2.05) is 30.3 Å². The monoisotopic (exact) mass is 254 g/mol. The quantitative estimate of drug-likeness (QED) is 0.374. The van der Waals surface area contributed by atoms with Gasteiger partial charge in [-0.3, -0.25) is 4.79 Å². The first-order valence-electron chi connectivity index (χ1n) is 5.16. The van der Waals surface area contributed by atoms with Gasteiger partial charge in [0.15, 0.2) is 0 Å². The highest BCUT2D eigenvalue weighted by atomic mass is 35.5. The van der Waals surface area contributed by atoms with Crippen LogP contribution in [0.25, 0.3) is 0 Å². The van der Waals surface area contributed by atoms with Gasteiger partial charge in [-0.05, 0) is 19.4 Å². The molecule has 1 aromatic rings. The maximum atomic E-state index is 11.4. The molecule has 4 nitrogen and oxygen atoms in total. The predicted octanol–water partition coefficient (Wildman–Crippen LogP) is 2.11. The van der Waals surface area contributed by atoms with Gasteiger partial charge in [-0.1, -0.05) is 35.5 Å². The Morgan fingerprint density at radius 1 is 1.47 bits per heavy atom. The van der Waals surface area contributed by atoms with Gasteiger partial charge in [-0.15, -0.1) is 11.6 Å². The molecule has 0 aliphatic rings. The maximum absolute atomic E-state index is 11.4. The highest BCUT2D eigenvalue weighted by Crippen LogP contribution is 2.22. The normalized spacial score (nSPS) is 15.1. The first kappa shape index (κ1) is 13.5. The molecule has 0 aromatic heterocycles. The molecule has 0 aliphatic carbocycles. The lowest BCUT2D eigenvalue weighted by Gasteiger charge is -2.30. The Labute approximate surface area is 105 Å². The number of hydrogen-bond acceptors (Lipinski definition) is 3. The van der Waals surface area contributed by atoms with E-state index in [2.05, 4.69) is 10.5 Å². The number of carbonyl (C=O) groups is 1. The number of oxime groups is 1. The van der Waals surface area contributed by atoms with Crippen molar-refractivity contribution in [3.8, 4) is 0 Å². The fraction of sp³-hybridized carbons (Fsp3) is 0.333. The molecule has 5 heteroatoms. The molecule has 0 spiro atoms. The Morgan fingerprint density at radius 3 is 2.53 bits per heavy atom. The minimum atomic E-state index is -0.859. The van der Waals surface area contributed by atoms with Crippen LogP contribution < -0.4 is 5.32 Å². The fourth-order valence-electron chi connectivity index (χ4n) is 1.56. The largest absolute Gasteiger partial charge is 0.411 e. The minimum Gasteiger partial charge on any atom is -0.411 e. The molecule has 0 fully saturated rings. The van der Waals surface area contributed by atoms with Gasteiger partial charge in [0.25, 0.3) is 0 Å². The van der Waals surface area contributed by atoms with Crippen LogP contribution in [-0.4, -0.2) is 22.7 Å². The Hall–Kier alpha value is -1.55. The van der Waals surface area contributed by atoms with Crippen molar-refractivity contribution < 1.29 is 10.0 Å². The van der Waals surface area contributed by atoms with Gasteiger partial charge in [-0.25, -0.2) is 0 Å².